The first kappa shape index (κ1) is 17.2. The van der Waals surface area contributed by atoms with Crippen molar-refractivity contribution in [2.45, 2.75) is 26.3 Å². The molecule has 0 bridgehead atoms. The molecule has 0 fully saturated rings. The van der Waals surface area contributed by atoms with Gasteiger partial charge in [0.05, 0.1) is 14.2 Å². The fourth-order valence-electron chi connectivity index (χ4n) is 2.36. The smallest absolute Gasteiger partial charge is 0.234 e. The van der Waals surface area contributed by atoms with Crippen LogP contribution < -0.4 is 14.8 Å². The molecule has 0 aliphatic carbocycles. The number of carbonyl (C=O) groups excluding carboxylic acids is 1. The van der Waals surface area contributed by atoms with Gasteiger partial charge in [-0.1, -0.05) is 17.4 Å². The Morgan fingerprint density at radius 3 is 2.76 bits per heavy atom. The highest BCUT2D eigenvalue weighted by atomic mass is 32.1. The molecule has 1 N–H and O–H groups in total. The van der Waals surface area contributed by atoms with Crippen molar-refractivity contribution in [2.75, 3.05) is 14.2 Å². The lowest BCUT2D eigenvalue weighted by atomic mass is 10.2. The maximum atomic E-state index is 12.1. The Bertz CT molecular complexity index is 889. The van der Waals surface area contributed by atoms with Crippen molar-refractivity contribution in [2.24, 2.45) is 0 Å². The van der Waals surface area contributed by atoms with Crippen molar-refractivity contribution >= 4 is 22.2 Å². The molecule has 0 saturated carbocycles. The van der Waals surface area contributed by atoms with Crippen LogP contribution in [0.5, 0.6) is 11.5 Å². The quantitative estimate of drug-likeness (QED) is 0.690. The highest BCUT2D eigenvalue weighted by molar-refractivity contribution is 7.16. The summed E-state index contributed by atoms with van der Waals surface area (Å²) in [5.74, 6) is 2.02. The van der Waals surface area contributed by atoms with Gasteiger partial charge in [0.15, 0.2) is 17.3 Å². The molecule has 25 heavy (non-hydrogen) atoms. The standard InChI is InChI=1S/C16H19N5O3S/c1-10-18-19-16-21(10)20-15(25-16)7-6-14(22)17-9-11-4-5-12(23-2)13(8-11)24-3/h4-5,8H,6-7,9H2,1-3H3,(H,17,22). The van der Waals surface area contributed by atoms with E-state index in [1.165, 1.54) is 11.3 Å². The zero-order valence-corrected chi connectivity index (χ0v) is 15.1. The number of nitrogens with one attached hydrogen (secondary N) is 1. The first-order valence-corrected chi connectivity index (χ1v) is 8.57. The number of methoxy groups -OCH3 is 2. The summed E-state index contributed by atoms with van der Waals surface area (Å²) in [5.41, 5.74) is 0.945. The van der Waals surface area contributed by atoms with E-state index in [1.54, 1.807) is 18.7 Å². The fraction of sp³-hybridized carbons (Fsp3) is 0.375. The number of hydrogen-bond acceptors (Lipinski definition) is 7. The number of ether oxygens (including phenoxy) is 2. The molecule has 3 rings (SSSR count). The molecule has 3 aromatic rings. The molecule has 2 heterocycles. The molecule has 0 atom stereocenters. The van der Waals surface area contributed by atoms with Crippen LogP contribution in [0.15, 0.2) is 18.2 Å². The summed E-state index contributed by atoms with van der Waals surface area (Å²) >= 11 is 1.45. The van der Waals surface area contributed by atoms with Crippen molar-refractivity contribution in [3.8, 4) is 11.5 Å². The Kier molecular flexibility index (Phi) is 5.13. The van der Waals surface area contributed by atoms with Crippen LogP contribution in [-0.4, -0.2) is 39.9 Å². The van der Waals surface area contributed by atoms with E-state index in [9.17, 15) is 4.79 Å². The number of hydrogen-bond donors (Lipinski definition) is 1. The monoisotopic (exact) mass is 361 g/mol. The Morgan fingerprint density at radius 1 is 1.24 bits per heavy atom. The van der Waals surface area contributed by atoms with Crippen LogP contribution in [0.4, 0.5) is 0 Å². The topological polar surface area (TPSA) is 90.6 Å². The summed E-state index contributed by atoms with van der Waals surface area (Å²) in [6.45, 7) is 2.28. The third kappa shape index (κ3) is 3.87. The second kappa shape index (κ2) is 7.47. The van der Waals surface area contributed by atoms with E-state index in [1.807, 2.05) is 25.1 Å². The molecule has 2 aromatic heterocycles. The largest absolute Gasteiger partial charge is 0.493 e. The van der Waals surface area contributed by atoms with Crippen molar-refractivity contribution in [3.05, 3.63) is 34.6 Å². The van der Waals surface area contributed by atoms with Gasteiger partial charge in [-0.25, -0.2) is 0 Å². The molecule has 1 aromatic carbocycles. The third-order valence-electron chi connectivity index (χ3n) is 3.69. The Morgan fingerprint density at radius 2 is 2.04 bits per heavy atom. The van der Waals surface area contributed by atoms with Crippen LogP contribution in [0.1, 0.15) is 22.8 Å². The molecule has 0 saturated heterocycles. The molecule has 9 heteroatoms. The second-order valence-corrected chi connectivity index (χ2v) is 6.44. The molecule has 0 radical (unpaired) electrons. The van der Waals surface area contributed by atoms with Crippen LogP contribution in [0.2, 0.25) is 0 Å². The van der Waals surface area contributed by atoms with Gasteiger partial charge in [0.2, 0.25) is 10.9 Å². The lowest BCUT2D eigenvalue weighted by Crippen LogP contribution is -2.23. The molecular weight excluding hydrogens is 342 g/mol. The van der Waals surface area contributed by atoms with Crippen LogP contribution in [-0.2, 0) is 17.8 Å². The lowest BCUT2D eigenvalue weighted by molar-refractivity contribution is -0.121. The van der Waals surface area contributed by atoms with Crippen LogP contribution >= 0.6 is 11.3 Å². The Labute approximate surface area is 148 Å². The molecule has 8 nitrogen and oxygen atoms in total. The Hall–Kier alpha value is -2.68. The zero-order valence-electron chi connectivity index (χ0n) is 14.3. The number of carbonyl (C=O) groups is 1. The minimum atomic E-state index is -0.0301. The van der Waals surface area contributed by atoms with Gasteiger partial charge in [-0.3, -0.25) is 4.79 Å². The van der Waals surface area contributed by atoms with Crippen molar-refractivity contribution in [1.82, 2.24) is 25.1 Å². The summed E-state index contributed by atoms with van der Waals surface area (Å²) in [6, 6.07) is 5.57. The number of benzene rings is 1. The minimum Gasteiger partial charge on any atom is -0.493 e. The van der Waals surface area contributed by atoms with E-state index in [0.717, 1.165) is 21.4 Å². The van der Waals surface area contributed by atoms with Crippen LogP contribution in [0.3, 0.4) is 0 Å². The highest BCUT2D eigenvalue weighted by Gasteiger charge is 2.11. The molecular formula is C16H19N5O3S. The van der Waals surface area contributed by atoms with Gasteiger partial charge in [0, 0.05) is 19.4 Å². The van der Waals surface area contributed by atoms with Gasteiger partial charge in [-0.05, 0) is 24.6 Å². The van der Waals surface area contributed by atoms with E-state index in [4.69, 9.17) is 9.47 Å². The molecule has 0 spiro atoms. The molecule has 132 valence electrons. The SMILES string of the molecule is COc1ccc(CNC(=O)CCc2nn3c(C)nnc3s2)cc1OC. The van der Waals surface area contributed by atoms with Gasteiger partial charge < -0.3 is 14.8 Å². The van der Waals surface area contributed by atoms with E-state index >= 15 is 0 Å². The number of nitrogens with zero attached hydrogens (tertiary/aromatic N) is 4. The Balaban J connectivity index is 1.52. The average molecular weight is 361 g/mol. The lowest BCUT2D eigenvalue weighted by Gasteiger charge is -2.10. The van der Waals surface area contributed by atoms with Gasteiger partial charge >= 0.3 is 0 Å². The number of aromatic nitrogens is 4. The average Bonchev–Trinajstić information content (AvgIpc) is 3.19. The first-order chi connectivity index (χ1) is 12.1. The second-order valence-electron chi connectivity index (χ2n) is 5.40. The predicted molar refractivity (Wildman–Crippen MR) is 93.1 cm³/mol. The van der Waals surface area contributed by atoms with Crippen molar-refractivity contribution < 1.29 is 14.3 Å². The van der Waals surface area contributed by atoms with Gasteiger partial charge in [0.25, 0.3) is 0 Å². The van der Waals surface area contributed by atoms with E-state index in [0.29, 0.717) is 30.9 Å². The van der Waals surface area contributed by atoms with Crippen molar-refractivity contribution in [1.29, 1.82) is 0 Å². The van der Waals surface area contributed by atoms with Gasteiger partial charge in [0.1, 0.15) is 5.01 Å². The third-order valence-corrected chi connectivity index (χ3v) is 4.65. The highest BCUT2D eigenvalue weighted by Crippen LogP contribution is 2.27. The minimum absolute atomic E-state index is 0.0301. The van der Waals surface area contributed by atoms with E-state index < -0.39 is 0 Å². The first-order valence-electron chi connectivity index (χ1n) is 7.76. The summed E-state index contributed by atoms with van der Waals surface area (Å²) in [7, 11) is 3.18. The fourth-order valence-corrected chi connectivity index (χ4v) is 3.23. The molecule has 0 aliphatic rings. The van der Waals surface area contributed by atoms with E-state index in [2.05, 4.69) is 20.6 Å². The van der Waals surface area contributed by atoms with Crippen LogP contribution in [0, 0.1) is 6.92 Å². The maximum Gasteiger partial charge on any atom is 0.234 e. The number of rotatable bonds is 7. The normalized spacial score (nSPS) is 10.8. The summed E-state index contributed by atoms with van der Waals surface area (Å²) in [6.07, 6.45) is 0.946. The summed E-state index contributed by atoms with van der Waals surface area (Å²) < 4.78 is 12.2. The van der Waals surface area contributed by atoms with Gasteiger partial charge in [-0.15, -0.1) is 10.2 Å². The number of fused-ring (bicyclic) bond motifs is 1. The maximum absolute atomic E-state index is 12.1. The van der Waals surface area contributed by atoms with E-state index in [-0.39, 0.29) is 5.91 Å². The number of amides is 1. The number of aryl methyl sites for hydroxylation is 2. The molecule has 0 aliphatic heterocycles. The van der Waals surface area contributed by atoms with Gasteiger partial charge in [-0.2, -0.15) is 9.61 Å². The summed E-state index contributed by atoms with van der Waals surface area (Å²) in [4.78, 5) is 12.8. The molecule has 1 amide bonds. The molecule has 0 unspecified atom stereocenters. The van der Waals surface area contributed by atoms with Crippen molar-refractivity contribution in [3.63, 3.8) is 0 Å². The zero-order chi connectivity index (χ0) is 17.8. The van der Waals surface area contributed by atoms with Crippen LogP contribution in [0.25, 0.3) is 4.96 Å². The summed E-state index contributed by atoms with van der Waals surface area (Å²) in [5, 5.41) is 16.1. The predicted octanol–water partition coefficient (Wildman–Crippen LogP) is 1.76.